The molecule has 0 radical (unpaired) electrons. The van der Waals surface area contributed by atoms with E-state index in [9.17, 15) is 13.2 Å². The zero-order chi connectivity index (χ0) is 18.5. The number of carbonyl (C=O) groups excluding carboxylic acids is 1. The average Bonchev–Trinajstić information content (AvgIpc) is 2.89. The summed E-state index contributed by atoms with van der Waals surface area (Å²) in [7, 11) is -3.74. The maximum absolute atomic E-state index is 13.2. The van der Waals surface area contributed by atoms with Crippen molar-refractivity contribution in [1.82, 2.24) is 4.31 Å². The minimum absolute atomic E-state index is 0.115. The Morgan fingerprint density at radius 3 is 2.73 bits per heavy atom. The second-order valence-corrected chi connectivity index (χ2v) is 9.05. The number of benzene rings is 2. The number of ether oxygens (including phenoxy) is 1. The molecule has 0 N–H and O–H groups in total. The maximum Gasteiger partial charge on any atom is 0.339 e. The van der Waals surface area contributed by atoms with Crippen molar-refractivity contribution in [3.63, 3.8) is 0 Å². The third-order valence-electron chi connectivity index (χ3n) is 5.18. The highest BCUT2D eigenvalue weighted by atomic mass is 35.5. The van der Waals surface area contributed by atoms with Gasteiger partial charge in [-0.1, -0.05) is 35.9 Å². The summed E-state index contributed by atoms with van der Waals surface area (Å²) in [6.07, 6.45) is 1.22. The molecule has 1 spiro atoms. The van der Waals surface area contributed by atoms with Crippen LogP contribution >= 0.6 is 11.6 Å². The van der Waals surface area contributed by atoms with E-state index in [4.69, 9.17) is 16.3 Å². The van der Waals surface area contributed by atoms with Gasteiger partial charge in [-0.15, -0.1) is 0 Å². The molecular formula is C19H18ClNO4S. The molecule has 2 heterocycles. The van der Waals surface area contributed by atoms with Crippen molar-refractivity contribution in [2.24, 2.45) is 0 Å². The minimum Gasteiger partial charge on any atom is -0.449 e. The van der Waals surface area contributed by atoms with Crippen LogP contribution in [0.4, 0.5) is 0 Å². The fraction of sp³-hybridized carbons (Fsp3) is 0.316. The Labute approximate surface area is 157 Å². The highest BCUT2D eigenvalue weighted by Crippen LogP contribution is 2.44. The third kappa shape index (κ3) is 2.55. The van der Waals surface area contributed by atoms with Gasteiger partial charge in [0.1, 0.15) is 0 Å². The van der Waals surface area contributed by atoms with E-state index in [1.165, 1.54) is 4.31 Å². The molecule has 0 bridgehead atoms. The van der Waals surface area contributed by atoms with E-state index in [-0.39, 0.29) is 11.4 Å². The van der Waals surface area contributed by atoms with Crippen molar-refractivity contribution in [3.8, 4) is 0 Å². The van der Waals surface area contributed by atoms with E-state index in [1.54, 1.807) is 37.3 Å². The summed E-state index contributed by atoms with van der Waals surface area (Å²) in [6.45, 7) is 2.19. The first-order chi connectivity index (χ1) is 12.3. The van der Waals surface area contributed by atoms with Gasteiger partial charge in [0.15, 0.2) is 5.60 Å². The van der Waals surface area contributed by atoms with Crippen LogP contribution in [-0.2, 0) is 20.4 Å². The van der Waals surface area contributed by atoms with Crippen LogP contribution in [0.2, 0.25) is 5.02 Å². The van der Waals surface area contributed by atoms with Gasteiger partial charge in [-0.2, -0.15) is 4.31 Å². The molecule has 0 aliphatic carbocycles. The third-order valence-corrected chi connectivity index (χ3v) is 7.58. The minimum atomic E-state index is -3.74. The topological polar surface area (TPSA) is 63.7 Å². The molecule has 0 aromatic heterocycles. The predicted molar refractivity (Wildman–Crippen MR) is 97.7 cm³/mol. The molecule has 1 fully saturated rings. The summed E-state index contributed by atoms with van der Waals surface area (Å²) >= 11 is 6.11. The largest absolute Gasteiger partial charge is 0.449 e. The number of fused-ring (bicyclic) bond motifs is 2. The molecule has 2 aromatic rings. The summed E-state index contributed by atoms with van der Waals surface area (Å²) in [4.78, 5) is 12.5. The van der Waals surface area contributed by atoms with Gasteiger partial charge in [-0.05, 0) is 43.5 Å². The van der Waals surface area contributed by atoms with E-state index in [0.717, 1.165) is 5.56 Å². The van der Waals surface area contributed by atoms with Crippen molar-refractivity contribution in [1.29, 1.82) is 0 Å². The van der Waals surface area contributed by atoms with Gasteiger partial charge >= 0.3 is 5.97 Å². The smallest absolute Gasteiger partial charge is 0.339 e. The van der Waals surface area contributed by atoms with E-state index in [2.05, 4.69) is 0 Å². The SMILES string of the molecule is Cc1c(Cl)cccc1S(=O)(=O)N1CCCC2(C1)OC(=O)c1ccccc12. The van der Waals surface area contributed by atoms with Gasteiger partial charge in [0.2, 0.25) is 10.0 Å². The normalized spacial score (nSPS) is 23.1. The molecule has 1 unspecified atom stereocenters. The Balaban J connectivity index is 1.74. The monoisotopic (exact) mass is 391 g/mol. The molecule has 7 heteroatoms. The van der Waals surface area contributed by atoms with E-state index in [1.807, 2.05) is 12.1 Å². The van der Waals surface area contributed by atoms with Gasteiger partial charge in [-0.25, -0.2) is 13.2 Å². The van der Waals surface area contributed by atoms with Crippen molar-refractivity contribution in [3.05, 3.63) is 64.2 Å². The Bertz CT molecular complexity index is 1000. The van der Waals surface area contributed by atoms with E-state index < -0.39 is 21.6 Å². The Hall–Kier alpha value is -1.89. The molecule has 136 valence electrons. The lowest BCUT2D eigenvalue weighted by molar-refractivity contribution is -0.0345. The van der Waals surface area contributed by atoms with Gasteiger partial charge < -0.3 is 4.74 Å². The van der Waals surface area contributed by atoms with E-state index in [0.29, 0.717) is 35.5 Å². The van der Waals surface area contributed by atoms with Crippen LogP contribution in [0.15, 0.2) is 47.4 Å². The molecule has 4 rings (SSSR count). The summed E-state index contributed by atoms with van der Waals surface area (Å²) in [5, 5.41) is 0.412. The number of hydrogen-bond donors (Lipinski definition) is 0. The average molecular weight is 392 g/mol. The Morgan fingerprint density at radius 2 is 1.92 bits per heavy atom. The van der Waals surface area contributed by atoms with Crippen LogP contribution in [0.1, 0.15) is 34.3 Å². The fourth-order valence-electron chi connectivity index (χ4n) is 3.84. The summed E-state index contributed by atoms with van der Waals surface area (Å²) < 4.78 is 33.6. The zero-order valence-corrected chi connectivity index (χ0v) is 15.8. The number of nitrogens with zero attached hydrogens (tertiary/aromatic N) is 1. The summed E-state index contributed by atoms with van der Waals surface area (Å²) in [5.41, 5.74) is 0.905. The van der Waals surface area contributed by atoms with Gasteiger partial charge in [0.25, 0.3) is 0 Å². The first kappa shape index (κ1) is 17.5. The number of carbonyl (C=O) groups is 1. The van der Waals surface area contributed by atoms with Crippen LogP contribution < -0.4 is 0 Å². The van der Waals surface area contributed by atoms with Crippen molar-refractivity contribution >= 4 is 27.6 Å². The number of esters is 1. The number of hydrogen-bond acceptors (Lipinski definition) is 4. The highest BCUT2D eigenvalue weighted by molar-refractivity contribution is 7.89. The van der Waals surface area contributed by atoms with Gasteiger partial charge in [-0.3, -0.25) is 0 Å². The maximum atomic E-state index is 13.2. The number of piperidine rings is 1. The second kappa shape index (κ2) is 6.08. The lowest BCUT2D eigenvalue weighted by Crippen LogP contribution is -2.48. The van der Waals surface area contributed by atoms with Crippen molar-refractivity contribution < 1.29 is 17.9 Å². The molecule has 0 saturated carbocycles. The lowest BCUT2D eigenvalue weighted by atomic mass is 9.86. The van der Waals surface area contributed by atoms with Crippen LogP contribution in [-0.4, -0.2) is 31.8 Å². The molecule has 2 aliphatic rings. The molecular weight excluding hydrogens is 374 g/mol. The predicted octanol–water partition coefficient (Wildman–Crippen LogP) is 3.50. The zero-order valence-electron chi connectivity index (χ0n) is 14.2. The molecule has 26 heavy (non-hydrogen) atoms. The molecule has 2 aromatic carbocycles. The van der Waals surface area contributed by atoms with Crippen LogP contribution in [0.3, 0.4) is 0 Å². The molecule has 1 saturated heterocycles. The quantitative estimate of drug-likeness (QED) is 0.735. The van der Waals surface area contributed by atoms with Gasteiger partial charge in [0, 0.05) is 17.1 Å². The first-order valence-electron chi connectivity index (χ1n) is 8.43. The van der Waals surface area contributed by atoms with Crippen LogP contribution in [0, 0.1) is 6.92 Å². The van der Waals surface area contributed by atoms with Crippen LogP contribution in [0.25, 0.3) is 0 Å². The standard InChI is InChI=1S/C19H18ClNO4S/c1-13-16(20)8-4-9-17(13)26(23,24)21-11-5-10-19(12-21)15-7-3-2-6-14(15)18(22)25-19/h2-4,6-9H,5,10-12H2,1H3. The Kier molecular flexibility index (Phi) is 4.10. The second-order valence-electron chi connectivity index (χ2n) is 6.73. The number of rotatable bonds is 2. The van der Waals surface area contributed by atoms with Crippen molar-refractivity contribution in [2.45, 2.75) is 30.3 Å². The summed E-state index contributed by atoms with van der Waals surface area (Å²) in [6, 6.07) is 12.1. The molecule has 1 atom stereocenters. The first-order valence-corrected chi connectivity index (χ1v) is 10.3. The highest BCUT2D eigenvalue weighted by Gasteiger charge is 2.50. The number of halogens is 1. The molecule has 0 amide bonds. The van der Waals surface area contributed by atoms with Crippen molar-refractivity contribution in [2.75, 3.05) is 13.1 Å². The molecule has 5 nitrogen and oxygen atoms in total. The fourth-order valence-corrected chi connectivity index (χ4v) is 5.85. The van der Waals surface area contributed by atoms with Gasteiger partial charge in [0.05, 0.1) is 17.0 Å². The van der Waals surface area contributed by atoms with Crippen LogP contribution in [0.5, 0.6) is 0 Å². The molecule has 2 aliphatic heterocycles. The Morgan fingerprint density at radius 1 is 1.15 bits per heavy atom. The number of sulfonamides is 1. The lowest BCUT2D eigenvalue weighted by Gasteiger charge is -2.39. The van der Waals surface area contributed by atoms with E-state index >= 15 is 0 Å². The summed E-state index contributed by atoms with van der Waals surface area (Å²) in [5.74, 6) is -0.390.